The van der Waals surface area contributed by atoms with E-state index in [1.54, 1.807) is 41.5 Å². The highest BCUT2D eigenvalue weighted by Gasteiger charge is 2.23. The van der Waals surface area contributed by atoms with E-state index in [0.29, 0.717) is 31.1 Å². The summed E-state index contributed by atoms with van der Waals surface area (Å²) in [4.78, 5) is 38.1. The van der Waals surface area contributed by atoms with Gasteiger partial charge in [0, 0.05) is 31.4 Å². The molecule has 0 spiro atoms. The molecule has 1 saturated heterocycles. The third-order valence-corrected chi connectivity index (χ3v) is 4.89. The number of hydrogen-bond acceptors (Lipinski definition) is 4. The van der Waals surface area contributed by atoms with Crippen molar-refractivity contribution in [3.8, 4) is 0 Å². The number of likely N-dealkylation sites (tertiary alicyclic amines) is 1. The van der Waals surface area contributed by atoms with Gasteiger partial charge in [-0.2, -0.15) is 0 Å². The molecule has 3 rings (SSSR count). The lowest BCUT2D eigenvalue weighted by molar-refractivity contribution is -0.136. The summed E-state index contributed by atoms with van der Waals surface area (Å²) in [6.07, 6.45) is 6.28. The number of piperidine rings is 1. The van der Waals surface area contributed by atoms with Crippen molar-refractivity contribution < 1.29 is 18.8 Å². The molecule has 1 aliphatic heterocycles. The highest BCUT2D eigenvalue weighted by Crippen LogP contribution is 2.17. The molecule has 0 unspecified atom stereocenters. The Morgan fingerprint density at radius 3 is 2.62 bits per heavy atom. The number of anilines is 1. The first kappa shape index (κ1) is 20.4. The summed E-state index contributed by atoms with van der Waals surface area (Å²) in [5, 5.41) is 5.29. The van der Waals surface area contributed by atoms with Crippen molar-refractivity contribution in [3.63, 3.8) is 0 Å². The first-order valence-corrected chi connectivity index (χ1v) is 9.67. The lowest BCUT2D eigenvalue weighted by Crippen LogP contribution is -2.43. The maximum atomic E-state index is 12.2. The second-order valence-corrected chi connectivity index (χ2v) is 7.15. The van der Waals surface area contributed by atoms with Gasteiger partial charge in [-0.1, -0.05) is 12.1 Å². The van der Waals surface area contributed by atoms with Crippen molar-refractivity contribution in [3.05, 3.63) is 60.1 Å². The fourth-order valence-electron chi connectivity index (χ4n) is 3.23. The van der Waals surface area contributed by atoms with Crippen LogP contribution in [0.3, 0.4) is 0 Å². The molecular formula is C22H25N3O4. The predicted molar refractivity (Wildman–Crippen MR) is 110 cm³/mol. The van der Waals surface area contributed by atoms with Crippen LogP contribution in [-0.2, 0) is 14.4 Å². The SMILES string of the molecule is Cc1cccc(NC(=O)C(=O)NCC2CCN(C(=O)/C=C/c3ccco3)CC2)c1. The first-order valence-electron chi connectivity index (χ1n) is 9.67. The summed E-state index contributed by atoms with van der Waals surface area (Å²) in [6.45, 7) is 3.58. The standard InChI is InChI=1S/C22H25N3O4/c1-16-4-2-5-18(14-16)24-22(28)21(27)23-15-17-9-11-25(12-10-17)20(26)8-7-19-6-3-13-29-19/h2-8,13-14,17H,9-12,15H2,1H3,(H,23,27)(H,24,28)/b8-7+. The number of rotatable bonds is 5. The van der Waals surface area contributed by atoms with Gasteiger partial charge < -0.3 is 20.0 Å². The van der Waals surface area contributed by atoms with Crippen molar-refractivity contribution in [2.75, 3.05) is 25.0 Å². The van der Waals surface area contributed by atoms with E-state index in [-0.39, 0.29) is 11.8 Å². The van der Waals surface area contributed by atoms with Gasteiger partial charge in [0.15, 0.2) is 0 Å². The molecule has 0 saturated carbocycles. The van der Waals surface area contributed by atoms with Gasteiger partial charge in [-0.05, 0) is 61.6 Å². The Bertz CT molecular complexity index is 881. The number of aryl methyl sites for hydroxylation is 1. The van der Waals surface area contributed by atoms with E-state index in [1.165, 1.54) is 6.08 Å². The Balaban J connectivity index is 1.38. The Morgan fingerprint density at radius 1 is 1.14 bits per heavy atom. The van der Waals surface area contributed by atoms with Gasteiger partial charge in [-0.15, -0.1) is 0 Å². The highest BCUT2D eigenvalue weighted by atomic mass is 16.3. The van der Waals surface area contributed by atoms with Crippen molar-refractivity contribution >= 4 is 29.5 Å². The smallest absolute Gasteiger partial charge is 0.313 e. The number of nitrogens with zero attached hydrogens (tertiary/aromatic N) is 1. The van der Waals surface area contributed by atoms with E-state index in [4.69, 9.17) is 4.42 Å². The second-order valence-electron chi connectivity index (χ2n) is 7.15. The van der Waals surface area contributed by atoms with Gasteiger partial charge in [-0.25, -0.2) is 0 Å². The average Bonchev–Trinajstić information content (AvgIpc) is 3.24. The molecule has 152 valence electrons. The van der Waals surface area contributed by atoms with Crippen molar-refractivity contribution in [1.29, 1.82) is 0 Å². The van der Waals surface area contributed by atoms with Crippen LogP contribution < -0.4 is 10.6 Å². The quantitative estimate of drug-likeness (QED) is 0.601. The zero-order chi connectivity index (χ0) is 20.6. The summed E-state index contributed by atoms with van der Waals surface area (Å²) in [5.41, 5.74) is 1.60. The monoisotopic (exact) mass is 395 g/mol. The Morgan fingerprint density at radius 2 is 1.93 bits per heavy atom. The minimum atomic E-state index is -0.675. The number of amides is 3. The predicted octanol–water partition coefficient (Wildman–Crippen LogP) is 2.59. The zero-order valence-electron chi connectivity index (χ0n) is 16.4. The van der Waals surface area contributed by atoms with E-state index < -0.39 is 11.8 Å². The minimum Gasteiger partial charge on any atom is -0.465 e. The van der Waals surface area contributed by atoms with Gasteiger partial charge in [-0.3, -0.25) is 14.4 Å². The lowest BCUT2D eigenvalue weighted by Gasteiger charge is -2.31. The van der Waals surface area contributed by atoms with E-state index in [9.17, 15) is 14.4 Å². The molecule has 1 aromatic carbocycles. The Labute approximate surface area is 169 Å². The van der Waals surface area contributed by atoms with Crippen LogP contribution in [-0.4, -0.2) is 42.3 Å². The van der Waals surface area contributed by atoms with Crippen LogP contribution in [0.2, 0.25) is 0 Å². The topological polar surface area (TPSA) is 91.7 Å². The molecule has 1 aromatic heterocycles. The fourth-order valence-corrected chi connectivity index (χ4v) is 3.23. The largest absolute Gasteiger partial charge is 0.465 e. The van der Waals surface area contributed by atoms with Crippen LogP contribution in [0.25, 0.3) is 6.08 Å². The molecule has 7 heteroatoms. The van der Waals surface area contributed by atoms with Crippen molar-refractivity contribution in [2.24, 2.45) is 5.92 Å². The van der Waals surface area contributed by atoms with Crippen molar-refractivity contribution in [1.82, 2.24) is 10.2 Å². The summed E-state index contributed by atoms with van der Waals surface area (Å²) < 4.78 is 5.17. The van der Waals surface area contributed by atoms with Gasteiger partial charge >= 0.3 is 11.8 Å². The van der Waals surface area contributed by atoms with Gasteiger partial charge in [0.2, 0.25) is 5.91 Å². The third-order valence-electron chi connectivity index (χ3n) is 4.89. The van der Waals surface area contributed by atoms with Crippen LogP contribution in [0.1, 0.15) is 24.2 Å². The first-order chi connectivity index (χ1) is 14.0. The summed E-state index contributed by atoms with van der Waals surface area (Å²) in [7, 11) is 0. The van der Waals surface area contributed by atoms with E-state index in [0.717, 1.165) is 18.4 Å². The van der Waals surface area contributed by atoms with Gasteiger partial charge in [0.1, 0.15) is 5.76 Å². The molecule has 0 radical (unpaired) electrons. The number of benzene rings is 1. The number of carbonyl (C=O) groups is 3. The third kappa shape index (κ3) is 6.07. The molecular weight excluding hydrogens is 370 g/mol. The van der Waals surface area contributed by atoms with Gasteiger partial charge in [0.25, 0.3) is 0 Å². The molecule has 0 bridgehead atoms. The van der Waals surface area contributed by atoms with Crippen molar-refractivity contribution in [2.45, 2.75) is 19.8 Å². The molecule has 2 aromatic rings. The Kier molecular flexibility index (Phi) is 6.84. The molecule has 0 atom stereocenters. The Hall–Kier alpha value is -3.35. The number of nitrogens with one attached hydrogen (secondary N) is 2. The summed E-state index contributed by atoms with van der Waals surface area (Å²) in [6, 6.07) is 10.8. The van der Waals surface area contributed by atoms with Crippen LogP contribution >= 0.6 is 0 Å². The van der Waals surface area contributed by atoms with E-state index in [1.807, 2.05) is 19.1 Å². The highest BCUT2D eigenvalue weighted by molar-refractivity contribution is 6.39. The normalized spacial score (nSPS) is 14.7. The lowest BCUT2D eigenvalue weighted by atomic mass is 9.96. The molecule has 0 aliphatic carbocycles. The van der Waals surface area contributed by atoms with Gasteiger partial charge in [0.05, 0.1) is 6.26 Å². The molecule has 3 amide bonds. The van der Waals surface area contributed by atoms with Crippen LogP contribution in [0.4, 0.5) is 5.69 Å². The molecule has 1 aliphatic rings. The number of furan rings is 1. The van der Waals surface area contributed by atoms with Crippen LogP contribution in [0, 0.1) is 12.8 Å². The number of carbonyl (C=O) groups excluding carboxylic acids is 3. The number of hydrogen-bond donors (Lipinski definition) is 2. The van der Waals surface area contributed by atoms with Crippen LogP contribution in [0.5, 0.6) is 0 Å². The van der Waals surface area contributed by atoms with E-state index >= 15 is 0 Å². The maximum Gasteiger partial charge on any atom is 0.313 e. The fraction of sp³-hybridized carbons (Fsp3) is 0.318. The summed E-state index contributed by atoms with van der Waals surface area (Å²) >= 11 is 0. The molecule has 2 heterocycles. The van der Waals surface area contributed by atoms with Crippen LogP contribution in [0.15, 0.2) is 53.2 Å². The molecule has 1 fully saturated rings. The zero-order valence-corrected chi connectivity index (χ0v) is 16.4. The maximum absolute atomic E-state index is 12.2. The summed E-state index contributed by atoms with van der Waals surface area (Å²) in [5.74, 6) is -0.497. The molecule has 29 heavy (non-hydrogen) atoms. The second kappa shape index (κ2) is 9.73. The average molecular weight is 395 g/mol. The van der Waals surface area contributed by atoms with E-state index in [2.05, 4.69) is 10.6 Å². The molecule has 2 N–H and O–H groups in total. The molecule has 7 nitrogen and oxygen atoms in total. The minimum absolute atomic E-state index is 0.0542.